The van der Waals surface area contributed by atoms with Gasteiger partial charge in [0.1, 0.15) is 18.0 Å². The maximum atomic E-state index is 11.1. The molecule has 3 rings (SSSR count). The van der Waals surface area contributed by atoms with Gasteiger partial charge in [-0.15, -0.1) is 0 Å². The molecule has 0 radical (unpaired) electrons. The number of carboxylic acid groups (broad SMARTS) is 1. The molecule has 1 fully saturated rings. The predicted octanol–water partition coefficient (Wildman–Crippen LogP) is 4.61. The number of hydrogen-bond acceptors (Lipinski definition) is 5. The zero-order valence-electron chi connectivity index (χ0n) is 16.4. The van der Waals surface area contributed by atoms with Crippen molar-refractivity contribution in [2.75, 3.05) is 24.5 Å². The Morgan fingerprint density at radius 2 is 1.73 bits per heavy atom. The molecule has 1 aliphatic rings. The van der Waals surface area contributed by atoms with Gasteiger partial charge in [-0.3, -0.25) is 0 Å². The summed E-state index contributed by atoms with van der Waals surface area (Å²) in [4.78, 5) is 14.2. The molecule has 0 saturated carbocycles. The quantitative estimate of drug-likeness (QED) is 0.559. The lowest BCUT2D eigenvalue weighted by Crippen LogP contribution is -2.38. The minimum Gasteiger partial charge on any atom is -0.465 e. The largest absolute Gasteiger partial charge is 0.465 e. The van der Waals surface area contributed by atoms with E-state index in [0.717, 1.165) is 11.4 Å². The molecule has 152 valence electrons. The number of carbonyl (C=O) groups is 1. The molecule has 1 saturated heterocycles. The third-order valence-electron chi connectivity index (χ3n) is 5.02. The van der Waals surface area contributed by atoms with Crippen molar-refractivity contribution in [3.8, 4) is 23.6 Å². The van der Waals surface area contributed by atoms with E-state index < -0.39 is 6.09 Å². The van der Waals surface area contributed by atoms with E-state index >= 15 is 0 Å². The van der Waals surface area contributed by atoms with Gasteiger partial charge < -0.3 is 19.6 Å². The molecule has 0 spiro atoms. The number of para-hydroxylation sites is 1. The Morgan fingerprint density at radius 1 is 1.10 bits per heavy atom. The Bertz CT molecular complexity index is 966. The average molecular weight is 402 g/mol. The van der Waals surface area contributed by atoms with Crippen molar-refractivity contribution in [1.82, 2.24) is 4.90 Å². The molecule has 2 aromatic carbocycles. The molecule has 7 heteroatoms. The minimum atomic E-state index is -0.931. The Balaban J connectivity index is 1.73. The molecule has 1 amide bonds. The first-order chi connectivity index (χ1) is 14.6. The summed E-state index contributed by atoms with van der Waals surface area (Å²) in [6.45, 7) is 0.906. The van der Waals surface area contributed by atoms with Crippen LogP contribution in [0.2, 0.25) is 0 Å². The van der Waals surface area contributed by atoms with Crippen LogP contribution in [0.5, 0.6) is 11.5 Å². The van der Waals surface area contributed by atoms with Crippen LogP contribution >= 0.6 is 0 Å². The number of hydrogen-bond donors (Lipinski definition) is 1. The third-order valence-corrected chi connectivity index (χ3v) is 5.02. The van der Waals surface area contributed by atoms with E-state index in [4.69, 9.17) is 9.84 Å². The number of nitriles is 2. The molecule has 30 heavy (non-hydrogen) atoms. The van der Waals surface area contributed by atoms with Crippen LogP contribution in [0.1, 0.15) is 12.8 Å². The predicted molar refractivity (Wildman–Crippen MR) is 112 cm³/mol. The standard InChI is InChI=1S/C23H22N4O3/c24-12-15-27(17-19(16-25)18-10-13-26(14-11-18)23(28)29)20-6-8-22(9-7-20)30-21-4-2-1-3-5-21/h1-9,17-18H,10-11,13-15H2,(H,28,29)/b19-17+. The Labute approximate surface area is 175 Å². The summed E-state index contributed by atoms with van der Waals surface area (Å²) in [5.41, 5.74) is 1.33. The molecule has 1 aliphatic heterocycles. The highest BCUT2D eigenvalue weighted by molar-refractivity contribution is 5.65. The van der Waals surface area contributed by atoms with Crippen LogP contribution in [0.25, 0.3) is 0 Å². The van der Waals surface area contributed by atoms with Crippen LogP contribution in [0.4, 0.5) is 10.5 Å². The van der Waals surface area contributed by atoms with Gasteiger partial charge in [-0.25, -0.2) is 4.79 Å². The summed E-state index contributed by atoms with van der Waals surface area (Å²) in [6.07, 6.45) is 1.96. The van der Waals surface area contributed by atoms with Crippen LogP contribution in [-0.2, 0) is 0 Å². The zero-order chi connectivity index (χ0) is 21.3. The summed E-state index contributed by atoms with van der Waals surface area (Å²) in [5, 5.41) is 28.0. The lowest BCUT2D eigenvalue weighted by Gasteiger charge is -2.30. The highest BCUT2D eigenvalue weighted by Gasteiger charge is 2.25. The number of amides is 1. The van der Waals surface area contributed by atoms with Gasteiger partial charge in [0.15, 0.2) is 0 Å². The number of allylic oxidation sites excluding steroid dienone is 1. The molecule has 0 aromatic heterocycles. The molecule has 0 atom stereocenters. The van der Waals surface area contributed by atoms with Crippen molar-refractivity contribution in [3.05, 3.63) is 66.4 Å². The summed E-state index contributed by atoms with van der Waals surface area (Å²) in [6, 6.07) is 21.1. The van der Waals surface area contributed by atoms with Gasteiger partial charge in [0.2, 0.25) is 0 Å². The van der Waals surface area contributed by atoms with Crippen molar-refractivity contribution >= 4 is 11.8 Å². The maximum absolute atomic E-state index is 11.1. The molecule has 0 unspecified atom stereocenters. The van der Waals surface area contributed by atoms with E-state index in [0.29, 0.717) is 37.3 Å². The van der Waals surface area contributed by atoms with Gasteiger partial charge in [0.25, 0.3) is 0 Å². The number of ether oxygens (including phenoxy) is 1. The number of piperidine rings is 1. The first-order valence-electron chi connectivity index (χ1n) is 9.67. The van der Waals surface area contributed by atoms with Gasteiger partial charge in [-0.2, -0.15) is 10.5 Å². The van der Waals surface area contributed by atoms with Crippen molar-refractivity contribution < 1.29 is 14.6 Å². The lowest BCUT2D eigenvalue weighted by atomic mass is 9.90. The highest BCUT2D eigenvalue weighted by atomic mass is 16.5. The van der Waals surface area contributed by atoms with E-state index in [1.165, 1.54) is 4.90 Å². The van der Waals surface area contributed by atoms with Crippen LogP contribution in [0.15, 0.2) is 66.4 Å². The van der Waals surface area contributed by atoms with Crippen molar-refractivity contribution in [3.63, 3.8) is 0 Å². The second kappa shape index (κ2) is 9.99. The number of rotatable bonds is 6. The van der Waals surface area contributed by atoms with Crippen LogP contribution in [-0.4, -0.2) is 35.7 Å². The first kappa shape index (κ1) is 20.8. The average Bonchev–Trinajstić information content (AvgIpc) is 2.78. The number of anilines is 1. The van der Waals surface area contributed by atoms with E-state index in [1.54, 1.807) is 11.1 Å². The molecular formula is C23H22N4O3. The second-order valence-electron chi connectivity index (χ2n) is 6.94. The van der Waals surface area contributed by atoms with Gasteiger partial charge in [0.05, 0.1) is 12.1 Å². The number of benzene rings is 2. The second-order valence-corrected chi connectivity index (χ2v) is 6.94. The normalized spacial score (nSPS) is 14.5. The SMILES string of the molecule is N#CCN(/C=C(\C#N)C1CCN(C(=O)O)CC1)c1ccc(Oc2ccccc2)cc1. The molecule has 0 aliphatic carbocycles. The molecule has 2 aromatic rings. The monoisotopic (exact) mass is 402 g/mol. The Hall–Kier alpha value is -3.97. The topological polar surface area (TPSA) is 101 Å². The summed E-state index contributed by atoms with van der Waals surface area (Å²) >= 11 is 0. The molecule has 7 nitrogen and oxygen atoms in total. The van der Waals surface area contributed by atoms with Crippen molar-refractivity contribution in [1.29, 1.82) is 10.5 Å². The summed E-state index contributed by atoms with van der Waals surface area (Å²) in [7, 11) is 0. The van der Waals surface area contributed by atoms with Crippen LogP contribution in [0, 0.1) is 28.6 Å². The summed E-state index contributed by atoms with van der Waals surface area (Å²) in [5.74, 6) is 1.39. The van der Waals surface area contributed by atoms with E-state index in [2.05, 4.69) is 12.1 Å². The third kappa shape index (κ3) is 5.30. The highest BCUT2D eigenvalue weighted by Crippen LogP contribution is 2.28. The molecular weight excluding hydrogens is 380 g/mol. The lowest BCUT2D eigenvalue weighted by molar-refractivity contribution is 0.129. The van der Waals surface area contributed by atoms with Gasteiger partial charge >= 0.3 is 6.09 Å². The number of nitrogens with zero attached hydrogens (tertiary/aromatic N) is 4. The number of likely N-dealkylation sites (tertiary alicyclic amines) is 1. The van der Waals surface area contributed by atoms with Gasteiger partial charge in [0, 0.05) is 30.5 Å². The summed E-state index contributed by atoms with van der Waals surface area (Å²) < 4.78 is 5.80. The maximum Gasteiger partial charge on any atom is 0.407 e. The van der Waals surface area contributed by atoms with Crippen LogP contribution < -0.4 is 9.64 Å². The van der Waals surface area contributed by atoms with Gasteiger partial charge in [-0.1, -0.05) is 18.2 Å². The molecule has 0 bridgehead atoms. The van der Waals surface area contributed by atoms with Crippen molar-refractivity contribution in [2.45, 2.75) is 12.8 Å². The van der Waals surface area contributed by atoms with E-state index in [1.807, 2.05) is 54.6 Å². The van der Waals surface area contributed by atoms with E-state index in [-0.39, 0.29) is 12.5 Å². The Morgan fingerprint density at radius 3 is 2.30 bits per heavy atom. The molecule has 1 N–H and O–H groups in total. The fourth-order valence-electron chi connectivity index (χ4n) is 3.39. The Kier molecular flexibility index (Phi) is 6.91. The van der Waals surface area contributed by atoms with Crippen molar-refractivity contribution in [2.24, 2.45) is 5.92 Å². The zero-order valence-corrected chi connectivity index (χ0v) is 16.4. The van der Waals surface area contributed by atoms with Gasteiger partial charge in [-0.05, 0) is 55.2 Å². The first-order valence-corrected chi connectivity index (χ1v) is 9.67. The van der Waals surface area contributed by atoms with Crippen LogP contribution in [0.3, 0.4) is 0 Å². The van der Waals surface area contributed by atoms with E-state index in [9.17, 15) is 15.3 Å². The smallest absolute Gasteiger partial charge is 0.407 e. The fraction of sp³-hybridized carbons (Fsp3) is 0.261. The minimum absolute atomic E-state index is 0.0209. The molecule has 1 heterocycles. The fourth-order valence-corrected chi connectivity index (χ4v) is 3.39.